The van der Waals surface area contributed by atoms with E-state index >= 15 is 0 Å². The number of hydrogen-bond donors (Lipinski definition) is 0. The van der Waals surface area contributed by atoms with Crippen LogP contribution in [-0.2, 0) is 19.6 Å². The van der Waals surface area contributed by atoms with Crippen molar-refractivity contribution in [2.75, 3.05) is 21.3 Å². The lowest BCUT2D eigenvalue weighted by Gasteiger charge is -2.37. The van der Waals surface area contributed by atoms with Crippen LogP contribution in [0.2, 0.25) is 0 Å². The van der Waals surface area contributed by atoms with Gasteiger partial charge in [-0.15, -0.1) is 0 Å². The Kier molecular flexibility index (Phi) is 10.1. The van der Waals surface area contributed by atoms with E-state index in [9.17, 15) is 14.4 Å². The average molecular weight is 673 g/mol. The Bertz CT molecular complexity index is 2090. The topological polar surface area (TPSA) is 105 Å². The van der Waals surface area contributed by atoms with Crippen LogP contribution < -0.4 is 0 Å². The summed E-state index contributed by atoms with van der Waals surface area (Å²) in [5.41, 5.74) is 6.62. The van der Waals surface area contributed by atoms with Crippen molar-refractivity contribution < 1.29 is 28.6 Å². The summed E-state index contributed by atoms with van der Waals surface area (Å²) in [6.45, 7) is 0. The van der Waals surface area contributed by atoms with Gasteiger partial charge in [0.15, 0.2) is 0 Å². The van der Waals surface area contributed by atoms with Crippen LogP contribution in [0.25, 0.3) is 11.4 Å². The molecule has 0 saturated heterocycles. The summed E-state index contributed by atoms with van der Waals surface area (Å²) in [5.74, 6) is 5.14. The molecule has 250 valence electrons. The molecular weight excluding hydrogens is 640 g/mol. The maximum absolute atomic E-state index is 12.4. The summed E-state index contributed by atoms with van der Waals surface area (Å²) in [6.07, 6.45) is 3.44. The van der Waals surface area contributed by atoms with Crippen LogP contribution in [0.1, 0.15) is 64.5 Å². The van der Waals surface area contributed by atoms with Gasteiger partial charge in [-0.2, -0.15) is 0 Å². The number of esters is 3. The Morgan fingerprint density at radius 2 is 0.882 bits per heavy atom. The number of ether oxygens (including phenoxy) is 3. The summed E-state index contributed by atoms with van der Waals surface area (Å²) in [6, 6.07) is 38.9. The molecular formula is C43H32N2O6. The van der Waals surface area contributed by atoms with Crippen LogP contribution in [0.4, 0.5) is 0 Å². The first-order chi connectivity index (χ1) is 24.9. The fourth-order valence-electron chi connectivity index (χ4n) is 6.03. The van der Waals surface area contributed by atoms with E-state index in [0.29, 0.717) is 16.7 Å². The van der Waals surface area contributed by atoms with E-state index < -0.39 is 23.3 Å². The van der Waals surface area contributed by atoms with E-state index in [1.165, 1.54) is 21.3 Å². The third-order valence-electron chi connectivity index (χ3n) is 8.57. The number of carbonyl (C=O) groups is 3. The molecule has 0 N–H and O–H groups in total. The monoisotopic (exact) mass is 672 g/mol. The van der Waals surface area contributed by atoms with Gasteiger partial charge in [0, 0.05) is 23.5 Å². The van der Waals surface area contributed by atoms with Crippen molar-refractivity contribution in [3.05, 3.63) is 190 Å². The normalized spacial score (nSPS) is 10.7. The number of benzene rings is 4. The van der Waals surface area contributed by atoms with E-state index in [4.69, 9.17) is 14.2 Å². The lowest BCUT2D eigenvalue weighted by Crippen LogP contribution is -2.31. The molecule has 0 radical (unpaired) electrons. The van der Waals surface area contributed by atoms with Crippen molar-refractivity contribution in [3.63, 3.8) is 0 Å². The van der Waals surface area contributed by atoms with Gasteiger partial charge in [0.05, 0.1) is 54.8 Å². The maximum Gasteiger partial charge on any atom is 0.337 e. The maximum atomic E-state index is 12.4. The molecule has 0 saturated carbocycles. The minimum Gasteiger partial charge on any atom is -0.465 e. The predicted octanol–water partition coefficient (Wildman–Crippen LogP) is 7.29. The fraction of sp³-hybridized carbons (Fsp3) is 0.0930. The van der Waals surface area contributed by atoms with Gasteiger partial charge in [-0.25, -0.2) is 14.4 Å². The standard InChI is InChI=1S/C43H32N2O6/c1-49-40(46)31-11-19-35(20-12-31)43(36-21-13-32(14-22-36)41(47)50-2,37-23-15-33(16-24-37)42(48)51-3)34-17-9-29(10-18-34)7-8-30-25-27-45-39(28-30)38-6-4-5-26-44-38/h4-6,9-28H,1-3H3. The van der Waals surface area contributed by atoms with Gasteiger partial charge < -0.3 is 14.2 Å². The third-order valence-corrected chi connectivity index (χ3v) is 8.57. The zero-order valence-electron chi connectivity index (χ0n) is 28.1. The Balaban J connectivity index is 1.50. The molecule has 0 spiro atoms. The van der Waals surface area contributed by atoms with Crippen molar-refractivity contribution in [1.29, 1.82) is 0 Å². The number of carbonyl (C=O) groups excluding carboxylic acids is 3. The van der Waals surface area contributed by atoms with Crippen molar-refractivity contribution in [2.24, 2.45) is 0 Å². The molecule has 8 heteroatoms. The van der Waals surface area contributed by atoms with E-state index in [1.54, 1.807) is 48.8 Å². The lowest BCUT2D eigenvalue weighted by molar-refractivity contribution is 0.0592. The first kappa shape index (κ1) is 34.0. The smallest absolute Gasteiger partial charge is 0.337 e. The Morgan fingerprint density at radius 1 is 0.471 bits per heavy atom. The highest BCUT2D eigenvalue weighted by Crippen LogP contribution is 2.45. The van der Waals surface area contributed by atoms with Crippen molar-refractivity contribution in [3.8, 4) is 23.2 Å². The molecule has 2 heterocycles. The molecule has 0 aliphatic heterocycles. The largest absolute Gasteiger partial charge is 0.465 e. The van der Waals surface area contributed by atoms with Gasteiger partial charge in [0.25, 0.3) is 0 Å². The van der Waals surface area contributed by atoms with Crippen LogP contribution in [0.15, 0.2) is 140 Å². The van der Waals surface area contributed by atoms with Crippen LogP contribution in [-0.4, -0.2) is 49.2 Å². The second kappa shape index (κ2) is 15.1. The molecule has 0 atom stereocenters. The summed E-state index contributed by atoms with van der Waals surface area (Å²) >= 11 is 0. The minimum absolute atomic E-state index is 0.394. The molecule has 0 bridgehead atoms. The van der Waals surface area contributed by atoms with Gasteiger partial charge in [0.1, 0.15) is 0 Å². The molecule has 0 aliphatic carbocycles. The number of methoxy groups -OCH3 is 3. The highest BCUT2D eigenvalue weighted by atomic mass is 16.5. The minimum atomic E-state index is -0.980. The molecule has 0 unspecified atom stereocenters. The third kappa shape index (κ3) is 7.00. The van der Waals surface area contributed by atoms with Gasteiger partial charge >= 0.3 is 17.9 Å². The average Bonchev–Trinajstić information content (AvgIpc) is 3.21. The molecule has 6 rings (SSSR count). The van der Waals surface area contributed by atoms with Gasteiger partial charge in [0.2, 0.25) is 0 Å². The second-order valence-electron chi connectivity index (χ2n) is 11.4. The van der Waals surface area contributed by atoms with Gasteiger partial charge in [-0.1, -0.05) is 66.4 Å². The van der Waals surface area contributed by atoms with Crippen LogP contribution in [0.3, 0.4) is 0 Å². The van der Waals surface area contributed by atoms with Crippen molar-refractivity contribution >= 4 is 17.9 Å². The molecule has 6 aromatic rings. The predicted molar refractivity (Wildman–Crippen MR) is 192 cm³/mol. The Morgan fingerprint density at radius 3 is 1.29 bits per heavy atom. The highest BCUT2D eigenvalue weighted by Gasteiger charge is 2.39. The summed E-state index contributed by atoms with van der Waals surface area (Å²) in [4.78, 5) is 46.1. The van der Waals surface area contributed by atoms with E-state index in [2.05, 4.69) is 21.8 Å². The molecule has 0 amide bonds. The van der Waals surface area contributed by atoms with Gasteiger partial charge in [-0.05, 0) is 95.1 Å². The first-order valence-electron chi connectivity index (χ1n) is 15.9. The number of pyridine rings is 2. The van der Waals surface area contributed by atoms with Crippen LogP contribution in [0, 0.1) is 11.8 Å². The zero-order valence-corrected chi connectivity index (χ0v) is 28.1. The quantitative estimate of drug-likeness (QED) is 0.0719. The van der Waals surface area contributed by atoms with E-state index in [0.717, 1.165) is 44.8 Å². The Hall–Kier alpha value is -6.85. The number of rotatable bonds is 8. The highest BCUT2D eigenvalue weighted by molar-refractivity contribution is 5.91. The summed E-state index contributed by atoms with van der Waals surface area (Å²) < 4.78 is 14.9. The van der Waals surface area contributed by atoms with E-state index in [-0.39, 0.29) is 0 Å². The number of aromatic nitrogens is 2. The van der Waals surface area contributed by atoms with Crippen molar-refractivity contribution in [2.45, 2.75) is 5.41 Å². The molecule has 0 fully saturated rings. The van der Waals surface area contributed by atoms with Gasteiger partial charge in [-0.3, -0.25) is 9.97 Å². The number of nitrogens with zero attached hydrogens (tertiary/aromatic N) is 2. The van der Waals surface area contributed by atoms with Crippen LogP contribution >= 0.6 is 0 Å². The first-order valence-corrected chi connectivity index (χ1v) is 15.9. The summed E-state index contributed by atoms with van der Waals surface area (Å²) in [5, 5.41) is 0. The Labute approximate surface area is 295 Å². The van der Waals surface area contributed by atoms with Crippen molar-refractivity contribution in [1.82, 2.24) is 9.97 Å². The molecule has 51 heavy (non-hydrogen) atoms. The SMILES string of the molecule is COC(=O)c1ccc(C(c2ccc(C#Cc3ccnc(-c4ccccn4)c3)cc2)(c2ccc(C(=O)OC)cc2)c2ccc(C(=O)OC)cc2)cc1. The van der Waals surface area contributed by atoms with E-state index in [1.807, 2.05) is 91.0 Å². The molecule has 8 nitrogen and oxygen atoms in total. The second-order valence-corrected chi connectivity index (χ2v) is 11.4. The molecule has 2 aromatic heterocycles. The molecule has 0 aliphatic rings. The van der Waals surface area contributed by atoms with Crippen LogP contribution in [0.5, 0.6) is 0 Å². The zero-order chi connectivity index (χ0) is 35.8. The lowest BCUT2D eigenvalue weighted by atomic mass is 9.65. The molecule has 4 aromatic carbocycles. The fourth-order valence-corrected chi connectivity index (χ4v) is 6.03. The number of hydrogen-bond acceptors (Lipinski definition) is 8. The summed E-state index contributed by atoms with van der Waals surface area (Å²) in [7, 11) is 4.01.